The first kappa shape index (κ1) is 12.3. The van der Waals surface area contributed by atoms with Gasteiger partial charge < -0.3 is 15.3 Å². The van der Waals surface area contributed by atoms with Crippen molar-refractivity contribution in [3.05, 3.63) is 0 Å². The monoisotopic (exact) mass is 241 g/mol. The van der Waals surface area contributed by atoms with Gasteiger partial charge in [0.15, 0.2) is 0 Å². The highest BCUT2D eigenvalue weighted by molar-refractivity contribution is 5.86. The Balaban J connectivity index is 1.86. The molecule has 0 aromatic heterocycles. The first-order valence-electron chi connectivity index (χ1n) is 5.99. The molecule has 0 radical (unpaired) electrons. The molecule has 2 aliphatic heterocycles. The second-order valence-electron chi connectivity index (χ2n) is 5.06. The Morgan fingerprint density at radius 1 is 1.47 bits per heavy atom. The van der Waals surface area contributed by atoms with Gasteiger partial charge in [0.2, 0.25) is 11.8 Å². The van der Waals surface area contributed by atoms with Crippen LogP contribution in [0, 0.1) is 0 Å². The molecule has 0 bridgehead atoms. The molecule has 6 heteroatoms. The van der Waals surface area contributed by atoms with Crippen LogP contribution in [0.5, 0.6) is 0 Å². The van der Waals surface area contributed by atoms with Crippen LogP contribution in [0.2, 0.25) is 0 Å². The van der Waals surface area contributed by atoms with Gasteiger partial charge in [-0.3, -0.25) is 14.9 Å². The number of amides is 2. The summed E-state index contributed by atoms with van der Waals surface area (Å²) in [5.41, 5.74) is -0.648. The van der Waals surface area contributed by atoms with Crippen molar-refractivity contribution in [3.8, 4) is 0 Å². The molecule has 0 aliphatic carbocycles. The molecule has 0 saturated carbocycles. The Morgan fingerprint density at radius 3 is 2.65 bits per heavy atom. The van der Waals surface area contributed by atoms with Crippen LogP contribution >= 0.6 is 0 Å². The van der Waals surface area contributed by atoms with Crippen LogP contribution in [0.3, 0.4) is 0 Å². The van der Waals surface area contributed by atoms with Crippen molar-refractivity contribution in [2.45, 2.75) is 31.4 Å². The van der Waals surface area contributed by atoms with E-state index < -0.39 is 5.60 Å². The SMILES string of the molecule is CC1(O)CCN(C(=O)C2CNC(=O)CN2)CC1. The highest BCUT2D eigenvalue weighted by atomic mass is 16.3. The highest BCUT2D eigenvalue weighted by Crippen LogP contribution is 2.21. The van der Waals surface area contributed by atoms with Gasteiger partial charge in [0.1, 0.15) is 6.04 Å². The predicted octanol–water partition coefficient (Wildman–Crippen LogP) is -1.55. The van der Waals surface area contributed by atoms with Crippen molar-refractivity contribution >= 4 is 11.8 Å². The Hall–Kier alpha value is -1.14. The van der Waals surface area contributed by atoms with Crippen LogP contribution in [0.25, 0.3) is 0 Å². The third kappa shape index (κ3) is 2.95. The minimum absolute atomic E-state index is 0.0144. The average Bonchev–Trinajstić information content (AvgIpc) is 2.29. The Labute approximate surface area is 100 Å². The van der Waals surface area contributed by atoms with Crippen LogP contribution < -0.4 is 10.6 Å². The molecule has 2 fully saturated rings. The third-order valence-electron chi connectivity index (χ3n) is 3.46. The Morgan fingerprint density at radius 2 is 2.12 bits per heavy atom. The lowest BCUT2D eigenvalue weighted by Crippen LogP contribution is -2.60. The van der Waals surface area contributed by atoms with Gasteiger partial charge in [-0.05, 0) is 19.8 Å². The molecule has 2 aliphatic rings. The van der Waals surface area contributed by atoms with E-state index in [4.69, 9.17) is 0 Å². The van der Waals surface area contributed by atoms with E-state index in [9.17, 15) is 14.7 Å². The van der Waals surface area contributed by atoms with E-state index >= 15 is 0 Å². The fraction of sp³-hybridized carbons (Fsp3) is 0.818. The van der Waals surface area contributed by atoms with Crippen molar-refractivity contribution < 1.29 is 14.7 Å². The molecule has 0 aromatic rings. The number of hydrogen-bond acceptors (Lipinski definition) is 4. The van der Waals surface area contributed by atoms with E-state index in [0.29, 0.717) is 32.5 Å². The summed E-state index contributed by atoms with van der Waals surface area (Å²) in [7, 11) is 0. The van der Waals surface area contributed by atoms with E-state index in [-0.39, 0.29) is 24.4 Å². The summed E-state index contributed by atoms with van der Waals surface area (Å²) in [6.45, 7) is 3.51. The zero-order valence-electron chi connectivity index (χ0n) is 10.0. The molecule has 2 amide bonds. The van der Waals surface area contributed by atoms with Gasteiger partial charge in [0.25, 0.3) is 0 Å². The number of piperidine rings is 1. The predicted molar refractivity (Wildman–Crippen MR) is 61.2 cm³/mol. The summed E-state index contributed by atoms with van der Waals surface area (Å²) in [6.07, 6.45) is 1.22. The number of hydrogen-bond donors (Lipinski definition) is 3. The maximum Gasteiger partial charge on any atom is 0.241 e. The van der Waals surface area contributed by atoms with Gasteiger partial charge >= 0.3 is 0 Å². The van der Waals surface area contributed by atoms with Crippen LogP contribution in [0.15, 0.2) is 0 Å². The van der Waals surface area contributed by atoms with Gasteiger partial charge in [-0.2, -0.15) is 0 Å². The third-order valence-corrected chi connectivity index (χ3v) is 3.46. The first-order chi connectivity index (χ1) is 7.98. The fourth-order valence-corrected chi connectivity index (χ4v) is 2.17. The van der Waals surface area contributed by atoms with Crippen molar-refractivity contribution in [2.75, 3.05) is 26.2 Å². The maximum absolute atomic E-state index is 12.1. The lowest BCUT2D eigenvalue weighted by atomic mass is 9.93. The van der Waals surface area contributed by atoms with E-state index in [1.54, 1.807) is 11.8 Å². The number of likely N-dealkylation sites (tertiary alicyclic amines) is 1. The van der Waals surface area contributed by atoms with Crippen LogP contribution in [0.4, 0.5) is 0 Å². The molecule has 1 unspecified atom stereocenters. The summed E-state index contributed by atoms with van der Waals surface area (Å²) in [6, 6.07) is -0.323. The minimum atomic E-state index is -0.648. The number of aliphatic hydroxyl groups is 1. The Bertz CT molecular complexity index is 310. The van der Waals surface area contributed by atoms with E-state index in [1.807, 2.05) is 0 Å². The summed E-state index contributed by atoms with van der Waals surface area (Å²) in [5.74, 6) is -0.0591. The zero-order chi connectivity index (χ0) is 12.5. The molecule has 3 N–H and O–H groups in total. The van der Waals surface area contributed by atoms with Gasteiger partial charge in [-0.1, -0.05) is 0 Å². The fourth-order valence-electron chi connectivity index (χ4n) is 2.17. The van der Waals surface area contributed by atoms with Crippen LogP contribution in [-0.2, 0) is 9.59 Å². The molecule has 2 heterocycles. The standard InChI is InChI=1S/C11H19N3O3/c1-11(17)2-4-14(5-3-11)10(16)8-6-13-9(15)7-12-8/h8,12,17H,2-7H2,1H3,(H,13,15). The van der Waals surface area contributed by atoms with Gasteiger partial charge in [-0.15, -0.1) is 0 Å². The maximum atomic E-state index is 12.1. The second-order valence-corrected chi connectivity index (χ2v) is 5.06. The molecule has 0 aromatic carbocycles. The lowest BCUT2D eigenvalue weighted by molar-refractivity contribution is -0.138. The molecule has 6 nitrogen and oxygen atoms in total. The Kier molecular flexibility index (Phi) is 3.35. The van der Waals surface area contributed by atoms with Crippen molar-refractivity contribution in [3.63, 3.8) is 0 Å². The first-order valence-corrected chi connectivity index (χ1v) is 5.99. The van der Waals surface area contributed by atoms with Gasteiger partial charge in [-0.25, -0.2) is 0 Å². The van der Waals surface area contributed by atoms with Gasteiger partial charge in [0.05, 0.1) is 12.1 Å². The van der Waals surface area contributed by atoms with Crippen LogP contribution in [0.1, 0.15) is 19.8 Å². The molecule has 17 heavy (non-hydrogen) atoms. The zero-order valence-corrected chi connectivity index (χ0v) is 10.0. The average molecular weight is 241 g/mol. The van der Waals surface area contributed by atoms with Crippen molar-refractivity contribution in [2.24, 2.45) is 0 Å². The quantitative estimate of drug-likeness (QED) is 0.519. The normalized spacial score (nSPS) is 28.7. The van der Waals surface area contributed by atoms with Crippen molar-refractivity contribution in [1.82, 2.24) is 15.5 Å². The number of nitrogens with zero attached hydrogens (tertiary/aromatic N) is 1. The molecule has 0 spiro atoms. The number of carbonyl (C=O) groups excluding carboxylic acids is 2. The topological polar surface area (TPSA) is 81.7 Å². The number of piperazine rings is 1. The summed E-state index contributed by atoms with van der Waals surface area (Å²) < 4.78 is 0. The minimum Gasteiger partial charge on any atom is -0.390 e. The van der Waals surface area contributed by atoms with Gasteiger partial charge in [0, 0.05) is 19.6 Å². The molecule has 2 rings (SSSR count). The van der Waals surface area contributed by atoms with E-state index in [2.05, 4.69) is 10.6 Å². The second kappa shape index (κ2) is 4.62. The summed E-state index contributed by atoms with van der Waals surface area (Å²) >= 11 is 0. The molecule has 2 saturated heterocycles. The largest absolute Gasteiger partial charge is 0.390 e. The highest BCUT2D eigenvalue weighted by Gasteiger charge is 2.33. The van der Waals surface area contributed by atoms with E-state index in [1.165, 1.54) is 0 Å². The number of rotatable bonds is 1. The smallest absolute Gasteiger partial charge is 0.241 e. The van der Waals surface area contributed by atoms with Crippen LogP contribution in [-0.4, -0.2) is 59.6 Å². The molecular weight excluding hydrogens is 222 g/mol. The summed E-state index contributed by atoms with van der Waals surface area (Å²) in [4.78, 5) is 24.8. The van der Waals surface area contributed by atoms with Crippen molar-refractivity contribution in [1.29, 1.82) is 0 Å². The van der Waals surface area contributed by atoms with E-state index in [0.717, 1.165) is 0 Å². The number of carbonyl (C=O) groups is 2. The summed E-state index contributed by atoms with van der Waals surface area (Å²) in [5, 5.41) is 15.4. The molecule has 1 atom stereocenters. The molecular formula is C11H19N3O3. The number of nitrogens with one attached hydrogen (secondary N) is 2. The molecule has 96 valence electrons. The lowest BCUT2D eigenvalue weighted by Gasteiger charge is -2.38.